The van der Waals surface area contributed by atoms with Gasteiger partial charge in [0.15, 0.2) is 0 Å². The standard InChI is InChI=1S/C10H15NO2/c1-11-9(10(12)13)5-7-4-8(7)6-2-3-6/h7,9,11H,2-5H2,1H3,(H,12,13)/t7?,9-/m1/s1. The molecule has 0 aliphatic heterocycles. The third-order valence-electron chi connectivity index (χ3n) is 2.92. The summed E-state index contributed by atoms with van der Waals surface area (Å²) < 4.78 is 0. The Bertz CT molecular complexity index is 264. The van der Waals surface area contributed by atoms with Crippen molar-refractivity contribution in [2.45, 2.75) is 31.7 Å². The molecule has 2 N–H and O–H groups in total. The van der Waals surface area contributed by atoms with Crippen molar-refractivity contribution in [3.8, 4) is 0 Å². The Balaban J connectivity index is 1.85. The number of hydrogen-bond donors (Lipinski definition) is 2. The number of carbonyl (C=O) groups is 1. The Morgan fingerprint density at radius 3 is 2.85 bits per heavy atom. The molecule has 0 heterocycles. The van der Waals surface area contributed by atoms with Gasteiger partial charge in [0.25, 0.3) is 0 Å². The molecule has 2 fully saturated rings. The van der Waals surface area contributed by atoms with Crippen molar-refractivity contribution >= 4 is 5.97 Å². The molecule has 2 atom stereocenters. The van der Waals surface area contributed by atoms with Gasteiger partial charge in [0.1, 0.15) is 6.04 Å². The van der Waals surface area contributed by atoms with E-state index >= 15 is 0 Å². The topological polar surface area (TPSA) is 49.3 Å². The second kappa shape index (κ2) is 3.14. The summed E-state index contributed by atoms with van der Waals surface area (Å²) in [6, 6.07) is -0.359. The molecule has 13 heavy (non-hydrogen) atoms. The Morgan fingerprint density at radius 2 is 2.38 bits per heavy atom. The van der Waals surface area contributed by atoms with E-state index in [1.165, 1.54) is 12.8 Å². The molecule has 2 aliphatic carbocycles. The van der Waals surface area contributed by atoms with Gasteiger partial charge in [-0.1, -0.05) is 11.1 Å². The van der Waals surface area contributed by atoms with Gasteiger partial charge in [-0.05, 0) is 38.6 Å². The van der Waals surface area contributed by atoms with E-state index in [1.807, 2.05) is 0 Å². The molecule has 0 saturated heterocycles. The van der Waals surface area contributed by atoms with Gasteiger partial charge < -0.3 is 10.4 Å². The molecule has 0 aromatic carbocycles. The van der Waals surface area contributed by atoms with Crippen molar-refractivity contribution < 1.29 is 9.90 Å². The van der Waals surface area contributed by atoms with Crippen LogP contribution in [0.15, 0.2) is 11.1 Å². The summed E-state index contributed by atoms with van der Waals surface area (Å²) in [5.41, 5.74) is 3.16. The number of aliphatic carboxylic acids is 1. The first-order valence-corrected chi connectivity index (χ1v) is 4.83. The highest BCUT2D eigenvalue weighted by Crippen LogP contribution is 2.50. The molecule has 3 nitrogen and oxygen atoms in total. The van der Waals surface area contributed by atoms with Gasteiger partial charge in [-0.15, -0.1) is 0 Å². The van der Waals surface area contributed by atoms with Crippen molar-refractivity contribution in [1.82, 2.24) is 5.32 Å². The fraction of sp³-hybridized carbons (Fsp3) is 0.700. The lowest BCUT2D eigenvalue weighted by molar-refractivity contribution is -0.139. The van der Waals surface area contributed by atoms with E-state index in [9.17, 15) is 4.79 Å². The van der Waals surface area contributed by atoms with Crippen LogP contribution in [0.25, 0.3) is 0 Å². The number of hydrogen-bond acceptors (Lipinski definition) is 2. The average Bonchev–Trinajstić information content (AvgIpc) is 2.92. The highest BCUT2D eigenvalue weighted by molar-refractivity contribution is 5.73. The van der Waals surface area contributed by atoms with Crippen LogP contribution in [0.1, 0.15) is 25.7 Å². The number of carboxylic acid groups (broad SMARTS) is 1. The predicted molar refractivity (Wildman–Crippen MR) is 49.5 cm³/mol. The zero-order valence-electron chi connectivity index (χ0n) is 7.84. The van der Waals surface area contributed by atoms with Crippen LogP contribution in [-0.4, -0.2) is 24.2 Å². The van der Waals surface area contributed by atoms with E-state index in [-0.39, 0.29) is 6.04 Å². The van der Waals surface area contributed by atoms with Gasteiger partial charge in [0, 0.05) is 0 Å². The lowest BCUT2D eigenvalue weighted by Crippen LogP contribution is -2.34. The molecule has 2 rings (SSSR count). The summed E-state index contributed by atoms with van der Waals surface area (Å²) in [4.78, 5) is 10.7. The summed E-state index contributed by atoms with van der Waals surface area (Å²) in [5.74, 6) is -0.152. The Morgan fingerprint density at radius 1 is 1.69 bits per heavy atom. The molecular weight excluding hydrogens is 166 g/mol. The molecule has 0 bridgehead atoms. The fourth-order valence-corrected chi connectivity index (χ4v) is 1.88. The highest BCUT2D eigenvalue weighted by atomic mass is 16.4. The minimum absolute atomic E-state index is 0.359. The lowest BCUT2D eigenvalue weighted by atomic mass is 10.1. The molecule has 3 heteroatoms. The van der Waals surface area contributed by atoms with E-state index in [1.54, 1.807) is 18.2 Å². The van der Waals surface area contributed by atoms with Crippen LogP contribution in [0, 0.1) is 5.92 Å². The maximum absolute atomic E-state index is 10.7. The maximum Gasteiger partial charge on any atom is 0.320 e. The number of nitrogens with one attached hydrogen (secondary N) is 1. The summed E-state index contributed by atoms with van der Waals surface area (Å²) in [7, 11) is 1.71. The summed E-state index contributed by atoms with van der Waals surface area (Å²) >= 11 is 0. The van der Waals surface area contributed by atoms with E-state index in [0.29, 0.717) is 5.92 Å². The summed E-state index contributed by atoms with van der Waals surface area (Å²) in [5, 5.41) is 11.6. The summed E-state index contributed by atoms with van der Waals surface area (Å²) in [6.07, 6.45) is 4.46. The second-order valence-corrected chi connectivity index (χ2v) is 3.95. The van der Waals surface area contributed by atoms with E-state index in [4.69, 9.17) is 5.11 Å². The minimum atomic E-state index is -0.727. The van der Waals surface area contributed by atoms with Crippen molar-refractivity contribution in [3.63, 3.8) is 0 Å². The lowest BCUT2D eigenvalue weighted by Gasteiger charge is -2.08. The van der Waals surface area contributed by atoms with Crippen LogP contribution >= 0.6 is 0 Å². The quantitative estimate of drug-likeness (QED) is 0.640. The van der Waals surface area contributed by atoms with Crippen LogP contribution in [0.5, 0.6) is 0 Å². The molecule has 0 radical (unpaired) electrons. The Kier molecular flexibility index (Phi) is 2.12. The zero-order valence-corrected chi connectivity index (χ0v) is 7.84. The highest BCUT2D eigenvalue weighted by Gasteiger charge is 2.38. The number of allylic oxidation sites excluding steroid dienone is 2. The molecular formula is C10H15NO2. The fourth-order valence-electron chi connectivity index (χ4n) is 1.88. The van der Waals surface area contributed by atoms with Crippen LogP contribution in [0.3, 0.4) is 0 Å². The molecule has 0 aromatic rings. The number of carboxylic acids is 1. The molecule has 0 spiro atoms. The van der Waals surface area contributed by atoms with E-state index < -0.39 is 5.97 Å². The van der Waals surface area contributed by atoms with E-state index in [2.05, 4.69) is 5.32 Å². The normalized spacial score (nSPS) is 27.3. The van der Waals surface area contributed by atoms with Crippen LogP contribution in [0.4, 0.5) is 0 Å². The van der Waals surface area contributed by atoms with Gasteiger partial charge in [0.05, 0.1) is 0 Å². The first-order chi connectivity index (χ1) is 6.22. The van der Waals surface area contributed by atoms with Gasteiger partial charge in [-0.3, -0.25) is 4.79 Å². The zero-order chi connectivity index (χ0) is 9.42. The van der Waals surface area contributed by atoms with Crippen LogP contribution < -0.4 is 5.32 Å². The number of rotatable bonds is 4. The Hall–Kier alpha value is -0.830. The largest absolute Gasteiger partial charge is 0.480 e. The van der Waals surface area contributed by atoms with Gasteiger partial charge in [0.2, 0.25) is 0 Å². The van der Waals surface area contributed by atoms with Crippen molar-refractivity contribution in [2.75, 3.05) is 7.05 Å². The smallest absolute Gasteiger partial charge is 0.320 e. The molecule has 2 saturated carbocycles. The molecule has 0 aromatic heterocycles. The van der Waals surface area contributed by atoms with Crippen molar-refractivity contribution in [2.24, 2.45) is 5.92 Å². The average molecular weight is 181 g/mol. The van der Waals surface area contributed by atoms with E-state index in [0.717, 1.165) is 12.8 Å². The first kappa shape index (κ1) is 8.75. The third-order valence-corrected chi connectivity index (χ3v) is 2.92. The summed E-state index contributed by atoms with van der Waals surface area (Å²) in [6.45, 7) is 0. The van der Waals surface area contributed by atoms with Gasteiger partial charge >= 0.3 is 5.97 Å². The van der Waals surface area contributed by atoms with Gasteiger partial charge in [-0.2, -0.15) is 0 Å². The third kappa shape index (κ3) is 1.91. The number of likely N-dealkylation sites (N-methyl/N-ethyl adjacent to an activating group) is 1. The first-order valence-electron chi connectivity index (χ1n) is 4.83. The molecule has 72 valence electrons. The molecule has 1 unspecified atom stereocenters. The monoisotopic (exact) mass is 181 g/mol. The maximum atomic E-state index is 10.7. The van der Waals surface area contributed by atoms with Crippen molar-refractivity contribution in [3.05, 3.63) is 11.1 Å². The van der Waals surface area contributed by atoms with Gasteiger partial charge in [-0.25, -0.2) is 0 Å². The van der Waals surface area contributed by atoms with Crippen molar-refractivity contribution in [1.29, 1.82) is 0 Å². The van der Waals surface area contributed by atoms with Crippen LogP contribution in [0.2, 0.25) is 0 Å². The predicted octanol–water partition coefficient (Wildman–Crippen LogP) is 1.16. The molecule has 0 amide bonds. The minimum Gasteiger partial charge on any atom is -0.480 e. The van der Waals surface area contributed by atoms with Crippen LogP contribution in [-0.2, 0) is 4.79 Å². The Labute approximate surface area is 77.8 Å². The SMILES string of the molecule is CN[C@H](CC1CC1=C1CC1)C(=O)O. The molecule has 2 aliphatic rings. The second-order valence-electron chi connectivity index (χ2n) is 3.95.